The highest BCUT2D eigenvalue weighted by molar-refractivity contribution is 5.25. The molecule has 0 aliphatic carbocycles. The first kappa shape index (κ1) is 17.1. The molecular formula is C16H27FN2O. The molecule has 1 N–H and O–H groups in total. The fourth-order valence-electron chi connectivity index (χ4n) is 2.08. The maximum atomic E-state index is 13.9. The van der Waals surface area contributed by atoms with Gasteiger partial charge in [0.2, 0.25) is 0 Å². The number of methoxy groups -OCH3 is 1. The van der Waals surface area contributed by atoms with Crippen molar-refractivity contribution in [1.29, 1.82) is 0 Å². The smallest absolute Gasteiger partial charge is 0.127 e. The lowest BCUT2D eigenvalue weighted by molar-refractivity contribution is 0.147. The summed E-state index contributed by atoms with van der Waals surface area (Å²) in [4.78, 5) is 2.19. The second-order valence-corrected chi connectivity index (χ2v) is 4.96. The fraction of sp³-hybridized carbons (Fsp3) is 0.625. The van der Waals surface area contributed by atoms with Crippen molar-refractivity contribution in [3.8, 4) is 0 Å². The lowest BCUT2D eigenvalue weighted by Crippen LogP contribution is -2.27. The van der Waals surface area contributed by atoms with Crippen molar-refractivity contribution >= 4 is 0 Å². The first-order chi connectivity index (χ1) is 9.71. The van der Waals surface area contributed by atoms with Crippen LogP contribution in [0.2, 0.25) is 0 Å². The normalized spacial score (nSPS) is 11.2. The van der Waals surface area contributed by atoms with Crippen LogP contribution in [0.3, 0.4) is 0 Å². The van der Waals surface area contributed by atoms with Gasteiger partial charge in [0.15, 0.2) is 0 Å². The van der Waals surface area contributed by atoms with Gasteiger partial charge in [0.05, 0.1) is 6.61 Å². The van der Waals surface area contributed by atoms with Crippen molar-refractivity contribution in [2.75, 3.05) is 33.4 Å². The zero-order valence-electron chi connectivity index (χ0n) is 12.9. The van der Waals surface area contributed by atoms with E-state index in [9.17, 15) is 4.39 Å². The summed E-state index contributed by atoms with van der Waals surface area (Å²) in [5.74, 6) is -0.125. The van der Waals surface area contributed by atoms with Gasteiger partial charge >= 0.3 is 0 Å². The number of nitrogens with one attached hydrogen (secondary N) is 1. The third-order valence-corrected chi connectivity index (χ3v) is 3.32. The molecular weight excluding hydrogens is 255 g/mol. The second-order valence-electron chi connectivity index (χ2n) is 4.96. The molecule has 1 aromatic rings. The summed E-state index contributed by atoms with van der Waals surface area (Å²) in [6.45, 7) is 9.03. The summed E-state index contributed by atoms with van der Waals surface area (Å²) in [6.07, 6.45) is 1.11. The van der Waals surface area contributed by atoms with Gasteiger partial charge in [-0.1, -0.05) is 26.0 Å². The van der Waals surface area contributed by atoms with Crippen molar-refractivity contribution in [2.45, 2.75) is 33.4 Å². The molecule has 4 heteroatoms. The van der Waals surface area contributed by atoms with Crippen LogP contribution in [0.1, 0.15) is 31.4 Å². The predicted octanol–water partition coefficient (Wildman–Crippen LogP) is 2.79. The maximum Gasteiger partial charge on any atom is 0.127 e. The van der Waals surface area contributed by atoms with Crippen molar-refractivity contribution in [3.63, 3.8) is 0 Å². The molecule has 0 aromatic heterocycles. The first-order valence-electron chi connectivity index (χ1n) is 7.40. The third kappa shape index (κ3) is 5.99. The van der Waals surface area contributed by atoms with Gasteiger partial charge in [-0.2, -0.15) is 0 Å². The topological polar surface area (TPSA) is 24.5 Å². The minimum Gasteiger partial charge on any atom is -0.383 e. The van der Waals surface area contributed by atoms with E-state index < -0.39 is 0 Å². The standard InChI is InChI=1S/C16H27FN2O/c1-4-8-18-12-14-6-7-16(17)15(11-14)13-19(5-2)9-10-20-3/h6-7,11,18H,4-5,8-10,12-13H2,1-3H3. The molecule has 0 saturated carbocycles. The number of hydrogen-bond acceptors (Lipinski definition) is 3. The Morgan fingerprint density at radius 1 is 1.30 bits per heavy atom. The van der Waals surface area contributed by atoms with Crippen LogP contribution >= 0.6 is 0 Å². The second kappa shape index (κ2) is 9.86. The number of ether oxygens (including phenoxy) is 1. The molecule has 0 fully saturated rings. The zero-order valence-corrected chi connectivity index (χ0v) is 12.9. The van der Waals surface area contributed by atoms with Gasteiger partial charge in [-0.3, -0.25) is 4.90 Å². The van der Waals surface area contributed by atoms with E-state index in [0.29, 0.717) is 13.2 Å². The molecule has 0 spiro atoms. The Morgan fingerprint density at radius 2 is 2.10 bits per heavy atom. The van der Waals surface area contributed by atoms with E-state index in [-0.39, 0.29) is 5.82 Å². The van der Waals surface area contributed by atoms with E-state index in [4.69, 9.17) is 4.74 Å². The molecule has 0 amide bonds. The zero-order chi connectivity index (χ0) is 14.8. The predicted molar refractivity (Wildman–Crippen MR) is 81.2 cm³/mol. The van der Waals surface area contributed by atoms with Crippen LogP contribution in [0.25, 0.3) is 0 Å². The molecule has 0 unspecified atom stereocenters. The van der Waals surface area contributed by atoms with Gasteiger partial charge in [-0.25, -0.2) is 4.39 Å². The Kier molecular flexibility index (Phi) is 8.42. The minimum atomic E-state index is -0.125. The molecule has 0 aliphatic heterocycles. The van der Waals surface area contributed by atoms with Gasteiger partial charge in [0.1, 0.15) is 5.82 Å². The minimum absolute atomic E-state index is 0.125. The number of nitrogens with zero attached hydrogens (tertiary/aromatic N) is 1. The molecule has 1 aromatic carbocycles. The number of rotatable bonds is 10. The Hall–Kier alpha value is -0.970. The van der Waals surface area contributed by atoms with Gasteiger partial charge < -0.3 is 10.1 Å². The van der Waals surface area contributed by atoms with E-state index in [1.165, 1.54) is 0 Å². The molecule has 114 valence electrons. The Labute approximate surface area is 122 Å². The monoisotopic (exact) mass is 282 g/mol. The highest BCUT2D eigenvalue weighted by Crippen LogP contribution is 2.13. The molecule has 3 nitrogen and oxygen atoms in total. The molecule has 0 heterocycles. The largest absolute Gasteiger partial charge is 0.383 e. The number of likely N-dealkylation sites (N-methyl/N-ethyl adjacent to an activating group) is 1. The van der Waals surface area contributed by atoms with E-state index in [1.807, 2.05) is 12.1 Å². The van der Waals surface area contributed by atoms with Crippen LogP contribution in [0.15, 0.2) is 18.2 Å². The highest BCUT2D eigenvalue weighted by Gasteiger charge is 2.09. The summed E-state index contributed by atoms with van der Waals surface area (Å²) >= 11 is 0. The van der Waals surface area contributed by atoms with Crippen LogP contribution in [-0.4, -0.2) is 38.3 Å². The van der Waals surface area contributed by atoms with Gasteiger partial charge in [0, 0.05) is 32.3 Å². The van der Waals surface area contributed by atoms with Gasteiger partial charge in [-0.15, -0.1) is 0 Å². The molecule has 1 rings (SSSR count). The summed E-state index contributed by atoms with van der Waals surface area (Å²) in [6, 6.07) is 5.39. The molecule has 0 atom stereocenters. The molecule has 0 radical (unpaired) electrons. The van der Waals surface area contributed by atoms with E-state index in [1.54, 1.807) is 13.2 Å². The Morgan fingerprint density at radius 3 is 2.75 bits per heavy atom. The summed E-state index contributed by atoms with van der Waals surface area (Å²) in [5.41, 5.74) is 1.90. The van der Waals surface area contributed by atoms with Crippen LogP contribution in [0, 0.1) is 5.82 Å². The lowest BCUT2D eigenvalue weighted by atomic mass is 10.1. The third-order valence-electron chi connectivity index (χ3n) is 3.32. The van der Waals surface area contributed by atoms with E-state index in [2.05, 4.69) is 24.1 Å². The highest BCUT2D eigenvalue weighted by atomic mass is 19.1. The van der Waals surface area contributed by atoms with E-state index in [0.717, 1.165) is 43.7 Å². The van der Waals surface area contributed by atoms with Crippen molar-refractivity contribution < 1.29 is 9.13 Å². The SMILES string of the molecule is CCCNCc1ccc(F)c(CN(CC)CCOC)c1. The summed E-state index contributed by atoms with van der Waals surface area (Å²) < 4.78 is 19.0. The van der Waals surface area contributed by atoms with Crippen LogP contribution < -0.4 is 5.32 Å². The number of hydrogen-bond donors (Lipinski definition) is 1. The number of benzene rings is 1. The maximum absolute atomic E-state index is 13.9. The van der Waals surface area contributed by atoms with Crippen LogP contribution in [0.5, 0.6) is 0 Å². The van der Waals surface area contributed by atoms with Crippen LogP contribution in [-0.2, 0) is 17.8 Å². The van der Waals surface area contributed by atoms with Gasteiger partial charge in [0.25, 0.3) is 0 Å². The lowest BCUT2D eigenvalue weighted by Gasteiger charge is -2.20. The van der Waals surface area contributed by atoms with Crippen molar-refractivity contribution in [3.05, 3.63) is 35.1 Å². The first-order valence-corrected chi connectivity index (χ1v) is 7.40. The molecule has 0 saturated heterocycles. The quantitative estimate of drug-likeness (QED) is 0.668. The number of halogens is 1. The summed E-state index contributed by atoms with van der Waals surface area (Å²) in [7, 11) is 1.69. The average molecular weight is 282 g/mol. The molecule has 0 aliphatic rings. The van der Waals surface area contributed by atoms with Gasteiger partial charge in [-0.05, 0) is 31.1 Å². The average Bonchev–Trinajstić information content (AvgIpc) is 2.46. The van der Waals surface area contributed by atoms with Crippen molar-refractivity contribution in [2.24, 2.45) is 0 Å². The Bertz CT molecular complexity index is 385. The van der Waals surface area contributed by atoms with E-state index >= 15 is 0 Å². The van der Waals surface area contributed by atoms with Crippen molar-refractivity contribution in [1.82, 2.24) is 10.2 Å². The summed E-state index contributed by atoms with van der Waals surface area (Å²) in [5, 5.41) is 3.34. The molecule has 0 bridgehead atoms. The Balaban J connectivity index is 2.64. The van der Waals surface area contributed by atoms with Crippen LogP contribution in [0.4, 0.5) is 4.39 Å². The fourth-order valence-corrected chi connectivity index (χ4v) is 2.08. The molecule has 20 heavy (non-hydrogen) atoms.